The molecule has 0 amide bonds. The van der Waals surface area contributed by atoms with Gasteiger partial charge in [0.25, 0.3) is 0 Å². The van der Waals surface area contributed by atoms with E-state index in [0.717, 1.165) is 19.3 Å². The number of nitrogens with zero attached hydrogens (tertiary/aromatic N) is 1. The maximum Gasteiger partial charge on any atom is 0.307 e. The zero-order chi connectivity index (χ0) is 23.2. The van der Waals surface area contributed by atoms with Crippen molar-refractivity contribution in [2.24, 2.45) is 0 Å². The van der Waals surface area contributed by atoms with E-state index in [1.165, 1.54) is 40.7 Å². The first-order valence-electron chi connectivity index (χ1n) is 10.5. The highest BCUT2D eigenvalue weighted by Gasteiger charge is 2.47. The predicted octanol–water partition coefficient (Wildman–Crippen LogP) is 5.98. The zero-order valence-electron chi connectivity index (χ0n) is 17.4. The van der Waals surface area contributed by atoms with Crippen molar-refractivity contribution in [1.82, 2.24) is 4.31 Å². The lowest BCUT2D eigenvalue weighted by atomic mass is 9.97. The first-order chi connectivity index (χ1) is 15.8. The van der Waals surface area contributed by atoms with Crippen LogP contribution in [-0.4, -0.2) is 25.8 Å². The third-order valence-corrected chi connectivity index (χ3v) is 8.33. The van der Waals surface area contributed by atoms with E-state index in [-0.39, 0.29) is 10.6 Å². The van der Waals surface area contributed by atoms with Gasteiger partial charge in [-0.1, -0.05) is 29.6 Å². The van der Waals surface area contributed by atoms with Crippen molar-refractivity contribution in [3.05, 3.63) is 87.7 Å². The Labute approximate surface area is 201 Å². The van der Waals surface area contributed by atoms with Crippen LogP contribution in [0.2, 0.25) is 10.0 Å². The quantitative estimate of drug-likeness (QED) is 0.435. The summed E-state index contributed by atoms with van der Waals surface area (Å²) in [4.78, 5) is 0.129. The lowest BCUT2D eigenvalue weighted by Crippen LogP contribution is -2.37. The Balaban J connectivity index is 1.59. The highest BCUT2D eigenvalue weighted by Crippen LogP contribution is 2.50. The second-order valence-corrected chi connectivity index (χ2v) is 10.8. The summed E-state index contributed by atoms with van der Waals surface area (Å²) in [6.07, 6.45) is 2.70. The molecule has 1 fully saturated rings. The molecule has 2 aliphatic heterocycles. The van der Waals surface area contributed by atoms with E-state index in [0.29, 0.717) is 40.0 Å². The number of benzene rings is 3. The van der Waals surface area contributed by atoms with Crippen LogP contribution >= 0.6 is 23.2 Å². The van der Waals surface area contributed by atoms with Crippen molar-refractivity contribution in [3.8, 4) is 11.5 Å². The number of halogens is 3. The van der Waals surface area contributed by atoms with Crippen LogP contribution in [0.3, 0.4) is 0 Å². The number of piperidine rings is 1. The number of fused-ring (bicyclic) bond motifs is 1. The summed E-state index contributed by atoms with van der Waals surface area (Å²) in [5, 5.41) is 0.726. The molecule has 9 heteroatoms. The summed E-state index contributed by atoms with van der Waals surface area (Å²) in [5.74, 6) is -1.35. The van der Waals surface area contributed by atoms with Gasteiger partial charge in [0.15, 0.2) is 11.5 Å². The molecule has 1 atom stereocenters. The molecule has 5 rings (SSSR count). The fourth-order valence-electron chi connectivity index (χ4n) is 4.21. The Morgan fingerprint density at radius 3 is 2.24 bits per heavy atom. The van der Waals surface area contributed by atoms with E-state index in [2.05, 4.69) is 0 Å². The Kier molecular flexibility index (Phi) is 5.77. The van der Waals surface area contributed by atoms with Gasteiger partial charge in [0.05, 0.1) is 15.5 Å². The topological polar surface area (TPSA) is 55.8 Å². The third-order valence-electron chi connectivity index (χ3n) is 5.89. The average molecular weight is 508 g/mol. The number of rotatable bonds is 4. The second kappa shape index (κ2) is 8.47. The fourth-order valence-corrected chi connectivity index (χ4v) is 6.27. The Morgan fingerprint density at radius 2 is 1.55 bits per heavy atom. The van der Waals surface area contributed by atoms with Crippen molar-refractivity contribution in [2.45, 2.75) is 29.9 Å². The summed E-state index contributed by atoms with van der Waals surface area (Å²) in [6.45, 7) is 0.993. The molecular formula is C24H20Cl2FNO4S. The smallest absolute Gasteiger partial charge is 0.307 e. The number of ether oxygens (including phenoxy) is 2. The Bertz CT molecular complexity index is 1310. The number of hydrogen-bond acceptors (Lipinski definition) is 4. The Hall–Kier alpha value is -2.32. The highest BCUT2D eigenvalue weighted by atomic mass is 35.5. The molecule has 33 heavy (non-hydrogen) atoms. The van der Waals surface area contributed by atoms with Crippen LogP contribution in [0.1, 0.15) is 30.4 Å². The summed E-state index contributed by atoms with van der Waals surface area (Å²) < 4.78 is 54.1. The predicted molar refractivity (Wildman–Crippen MR) is 124 cm³/mol. The largest absolute Gasteiger partial charge is 0.440 e. The van der Waals surface area contributed by atoms with Crippen molar-refractivity contribution < 1.29 is 22.3 Å². The summed E-state index contributed by atoms with van der Waals surface area (Å²) in [5.41, 5.74) is 0.946. The van der Waals surface area contributed by atoms with Gasteiger partial charge in [0.2, 0.25) is 10.0 Å². The van der Waals surface area contributed by atoms with Gasteiger partial charge in [-0.05, 0) is 67.4 Å². The van der Waals surface area contributed by atoms with Gasteiger partial charge >= 0.3 is 5.79 Å². The van der Waals surface area contributed by atoms with Crippen LogP contribution < -0.4 is 9.47 Å². The van der Waals surface area contributed by atoms with Crippen molar-refractivity contribution in [3.63, 3.8) is 0 Å². The van der Waals surface area contributed by atoms with Gasteiger partial charge < -0.3 is 9.47 Å². The minimum absolute atomic E-state index is 0.129. The molecule has 0 bridgehead atoms. The fraction of sp³-hybridized carbons (Fsp3) is 0.250. The van der Waals surface area contributed by atoms with Gasteiger partial charge in [-0.25, -0.2) is 12.8 Å². The van der Waals surface area contributed by atoms with E-state index in [9.17, 15) is 12.8 Å². The molecule has 0 N–H and O–H groups in total. The van der Waals surface area contributed by atoms with Gasteiger partial charge in [0, 0.05) is 29.7 Å². The molecule has 172 valence electrons. The molecule has 0 aromatic heterocycles. The molecule has 1 saturated heterocycles. The maximum atomic E-state index is 13.7. The lowest BCUT2D eigenvalue weighted by molar-refractivity contribution is -0.0458. The molecule has 3 aromatic carbocycles. The molecule has 5 nitrogen and oxygen atoms in total. The van der Waals surface area contributed by atoms with Gasteiger partial charge in [-0.15, -0.1) is 0 Å². The molecule has 0 radical (unpaired) electrons. The molecule has 2 heterocycles. The summed E-state index contributed by atoms with van der Waals surface area (Å²) >= 11 is 12.6. The first kappa shape index (κ1) is 22.5. The lowest BCUT2D eigenvalue weighted by Gasteiger charge is -2.29. The van der Waals surface area contributed by atoms with Gasteiger partial charge in [0.1, 0.15) is 5.82 Å². The van der Waals surface area contributed by atoms with Gasteiger partial charge in [-0.2, -0.15) is 4.31 Å². The summed E-state index contributed by atoms with van der Waals surface area (Å²) in [7, 11) is -3.66. The highest BCUT2D eigenvalue weighted by molar-refractivity contribution is 7.89. The minimum Gasteiger partial charge on any atom is -0.440 e. The van der Waals surface area contributed by atoms with Crippen LogP contribution in [0, 0.1) is 5.82 Å². The monoisotopic (exact) mass is 507 g/mol. The third kappa shape index (κ3) is 3.97. The number of hydrogen-bond donors (Lipinski definition) is 0. The molecule has 0 saturated carbocycles. The van der Waals surface area contributed by atoms with Crippen LogP contribution in [-0.2, 0) is 15.8 Å². The Morgan fingerprint density at radius 1 is 0.848 bits per heavy atom. The molecule has 1 unspecified atom stereocenters. The maximum absolute atomic E-state index is 13.7. The van der Waals surface area contributed by atoms with Crippen molar-refractivity contribution >= 4 is 33.2 Å². The summed E-state index contributed by atoms with van der Waals surface area (Å²) in [6, 6.07) is 15.1. The normalized spacial score (nSPS) is 20.7. The van der Waals surface area contributed by atoms with E-state index in [1.54, 1.807) is 24.3 Å². The van der Waals surface area contributed by atoms with Crippen LogP contribution in [0.4, 0.5) is 4.39 Å². The van der Waals surface area contributed by atoms with E-state index in [4.69, 9.17) is 32.7 Å². The van der Waals surface area contributed by atoms with E-state index >= 15 is 0 Å². The molecule has 2 aliphatic rings. The standard InChI is InChI=1S/C24H20Cl2FNO4S/c25-17-6-10-20(21(26)14-17)24(16-4-7-18(27)8-5-16)31-22-11-9-19(15-23(22)32-24)33(29,30)28-12-2-1-3-13-28/h4-11,14-15H,1-3,12-13H2. The average Bonchev–Trinajstić information content (AvgIpc) is 3.19. The molecule has 0 spiro atoms. The molecular weight excluding hydrogens is 488 g/mol. The molecule has 0 aliphatic carbocycles. The number of sulfonamides is 1. The zero-order valence-corrected chi connectivity index (χ0v) is 19.8. The van der Waals surface area contributed by atoms with E-state index < -0.39 is 21.6 Å². The van der Waals surface area contributed by atoms with Crippen LogP contribution in [0.25, 0.3) is 0 Å². The SMILES string of the molecule is O=S(=O)(c1ccc2c(c1)OC(c1ccc(F)cc1)(c1ccc(Cl)cc1Cl)O2)N1CCCCC1. The molecule has 3 aromatic rings. The van der Waals surface area contributed by atoms with Crippen molar-refractivity contribution in [1.29, 1.82) is 0 Å². The van der Waals surface area contributed by atoms with Crippen LogP contribution in [0.15, 0.2) is 65.6 Å². The second-order valence-electron chi connectivity index (χ2n) is 8.03. The van der Waals surface area contributed by atoms with Crippen LogP contribution in [0.5, 0.6) is 11.5 Å². The first-order valence-corrected chi connectivity index (χ1v) is 12.7. The van der Waals surface area contributed by atoms with E-state index in [1.807, 2.05) is 0 Å². The van der Waals surface area contributed by atoms with Crippen molar-refractivity contribution in [2.75, 3.05) is 13.1 Å². The van der Waals surface area contributed by atoms with Gasteiger partial charge in [-0.3, -0.25) is 0 Å². The minimum atomic E-state index is -3.66.